The molecule has 4 nitrogen and oxygen atoms in total. The van der Waals surface area contributed by atoms with Gasteiger partial charge in [-0.25, -0.2) is 9.97 Å². The van der Waals surface area contributed by atoms with E-state index in [-0.39, 0.29) is 0 Å². The predicted octanol–water partition coefficient (Wildman–Crippen LogP) is 2.06. The van der Waals surface area contributed by atoms with Crippen LogP contribution in [0.1, 0.15) is 18.9 Å². The van der Waals surface area contributed by atoms with Gasteiger partial charge in [-0.15, -0.1) is 0 Å². The normalized spacial score (nSPS) is 20.8. The molecule has 2 heterocycles. The molecular formula is C12H19ClN4. The lowest BCUT2D eigenvalue weighted by molar-refractivity contribution is 0.399. The first-order chi connectivity index (χ1) is 8.20. The van der Waals surface area contributed by atoms with Crippen molar-refractivity contribution in [3.05, 3.63) is 17.0 Å². The zero-order valence-corrected chi connectivity index (χ0v) is 11.2. The summed E-state index contributed by atoms with van der Waals surface area (Å²) in [5.74, 6) is 1.60. The van der Waals surface area contributed by atoms with Gasteiger partial charge in [0.2, 0.25) is 0 Å². The van der Waals surface area contributed by atoms with E-state index in [4.69, 9.17) is 11.6 Å². The maximum absolute atomic E-state index is 6.05. The molecule has 1 atom stereocenters. The van der Waals surface area contributed by atoms with Crippen LogP contribution in [-0.2, 0) is 6.42 Å². The van der Waals surface area contributed by atoms with Crippen molar-refractivity contribution in [2.75, 3.05) is 32.0 Å². The molecule has 0 aromatic carbocycles. The van der Waals surface area contributed by atoms with Gasteiger partial charge in [-0.1, -0.05) is 18.5 Å². The molecule has 0 spiro atoms. The van der Waals surface area contributed by atoms with Crippen LogP contribution in [0.25, 0.3) is 0 Å². The molecule has 0 bridgehead atoms. The van der Waals surface area contributed by atoms with Crippen molar-refractivity contribution in [3.63, 3.8) is 0 Å². The molecule has 0 aliphatic carbocycles. The van der Waals surface area contributed by atoms with Crippen LogP contribution >= 0.6 is 11.6 Å². The molecule has 1 aliphatic rings. The second kappa shape index (κ2) is 5.65. The third-order valence-electron chi connectivity index (χ3n) is 3.29. The zero-order valence-electron chi connectivity index (χ0n) is 10.4. The van der Waals surface area contributed by atoms with E-state index in [1.807, 2.05) is 0 Å². The van der Waals surface area contributed by atoms with Crippen LogP contribution in [0.5, 0.6) is 0 Å². The van der Waals surface area contributed by atoms with Crippen molar-refractivity contribution in [1.29, 1.82) is 0 Å². The maximum atomic E-state index is 6.05. The number of likely N-dealkylation sites (tertiary alicyclic amines) is 1. The third kappa shape index (κ3) is 3.07. The molecule has 1 aromatic rings. The Morgan fingerprint density at radius 1 is 1.53 bits per heavy atom. The second-order valence-corrected chi connectivity index (χ2v) is 5.00. The molecule has 1 fully saturated rings. The summed E-state index contributed by atoms with van der Waals surface area (Å²) < 4.78 is 0. The number of nitrogens with one attached hydrogen (secondary N) is 1. The van der Waals surface area contributed by atoms with Crippen LogP contribution in [0.2, 0.25) is 5.15 Å². The number of aromatic nitrogens is 2. The van der Waals surface area contributed by atoms with Gasteiger partial charge in [0.1, 0.15) is 17.3 Å². The van der Waals surface area contributed by atoms with Crippen molar-refractivity contribution in [3.8, 4) is 0 Å². The van der Waals surface area contributed by atoms with Gasteiger partial charge in [0.15, 0.2) is 0 Å². The number of halogens is 1. The molecule has 1 aromatic heterocycles. The minimum absolute atomic E-state index is 0.563. The predicted molar refractivity (Wildman–Crippen MR) is 70.5 cm³/mol. The topological polar surface area (TPSA) is 41.1 Å². The minimum atomic E-state index is 0.563. The van der Waals surface area contributed by atoms with Crippen LogP contribution in [0.3, 0.4) is 0 Å². The smallest absolute Gasteiger partial charge is 0.137 e. The lowest BCUT2D eigenvalue weighted by Gasteiger charge is -2.14. The molecule has 1 unspecified atom stereocenters. The molecule has 0 amide bonds. The summed E-state index contributed by atoms with van der Waals surface area (Å²) in [6.07, 6.45) is 3.63. The van der Waals surface area contributed by atoms with E-state index in [0.29, 0.717) is 11.1 Å². The van der Waals surface area contributed by atoms with Crippen LogP contribution < -0.4 is 5.32 Å². The lowest BCUT2D eigenvalue weighted by Crippen LogP contribution is -2.20. The first kappa shape index (κ1) is 12.6. The van der Waals surface area contributed by atoms with Gasteiger partial charge in [0.25, 0.3) is 0 Å². The van der Waals surface area contributed by atoms with Crippen molar-refractivity contribution < 1.29 is 0 Å². The Morgan fingerprint density at radius 3 is 3.00 bits per heavy atom. The van der Waals surface area contributed by atoms with Crippen molar-refractivity contribution in [2.45, 2.75) is 19.8 Å². The highest BCUT2D eigenvalue weighted by Crippen LogP contribution is 2.21. The molecule has 94 valence electrons. The first-order valence-electron chi connectivity index (χ1n) is 6.12. The van der Waals surface area contributed by atoms with Crippen LogP contribution in [0.15, 0.2) is 6.33 Å². The lowest BCUT2D eigenvalue weighted by atomic mass is 10.1. The fourth-order valence-electron chi connectivity index (χ4n) is 2.29. The van der Waals surface area contributed by atoms with Crippen LogP contribution in [0, 0.1) is 5.92 Å². The summed E-state index contributed by atoms with van der Waals surface area (Å²) in [5.41, 5.74) is 1.01. The zero-order chi connectivity index (χ0) is 12.3. The van der Waals surface area contributed by atoms with Crippen molar-refractivity contribution in [1.82, 2.24) is 14.9 Å². The Labute approximate surface area is 107 Å². The Bertz CT molecular complexity index is 383. The Morgan fingerprint density at radius 2 is 2.35 bits per heavy atom. The summed E-state index contributed by atoms with van der Waals surface area (Å²) >= 11 is 6.05. The third-order valence-corrected chi connectivity index (χ3v) is 3.62. The fraction of sp³-hybridized carbons (Fsp3) is 0.667. The number of nitrogens with zero attached hydrogens (tertiary/aromatic N) is 3. The van der Waals surface area contributed by atoms with Gasteiger partial charge in [0.05, 0.1) is 0 Å². The van der Waals surface area contributed by atoms with E-state index in [2.05, 4.69) is 34.2 Å². The number of anilines is 1. The highest BCUT2D eigenvalue weighted by molar-refractivity contribution is 6.30. The molecule has 0 saturated carbocycles. The van der Waals surface area contributed by atoms with E-state index in [1.54, 1.807) is 0 Å². The van der Waals surface area contributed by atoms with E-state index in [1.165, 1.54) is 19.3 Å². The highest BCUT2D eigenvalue weighted by Gasteiger charge is 2.19. The monoisotopic (exact) mass is 254 g/mol. The summed E-state index contributed by atoms with van der Waals surface area (Å²) in [5, 5.41) is 3.97. The standard InChI is InChI=1S/C12H19ClN4/c1-3-10-11(13)15-8-16-12(10)14-6-9-4-5-17(2)7-9/h8-9H,3-7H2,1-2H3,(H,14,15,16). The molecule has 2 rings (SSSR count). The number of rotatable bonds is 4. The van der Waals surface area contributed by atoms with Crippen molar-refractivity contribution in [2.24, 2.45) is 5.92 Å². The maximum Gasteiger partial charge on any atom is 0.137 e. The fourth-order valence-corrected chi connectivity index (χ4v) is 2.56. The first-order valence-corrected chi connectivity index (χ1v) is 6.50. The summed E-state index contributed by atoms with van der Waals surface area (Å²) in [6, 6.07) is 0. The Balaban J connectivity index is 1.97. The van der Waals surface area contributed by atoms with Gasteiger partial charge < -0.3 is 10.2 Å². The van der Waals surface area contributed by atoms with Crippen LogP contribution in [0.4, 0.5) is 5.82 Å². The summed E-state index contributed by atoms with van der Waals surface area (Å²) in [4.78, 5) is 10.6. The van der Waals surface area contributed by atoms with Gasteiger partial charge in [-0.3, -0.25) is 0 Å². The Hall–Kier alpha value is -0.870. The summed E-state index contributed by atoms with van der Waals surface area (Å²) in [6.45, 7) is 5.38. The van der Waals surface area contributed by atoms with E-state index >= 15 is 0 Å². The molecule has 1 N–H and O–H groups in total. The largest absolute Gasteiger partial charge is 0.369 e. The minimum Gasteiger partial charge on any atom is -0.369 e. The second-order valence-electron chi connectivity index (χ2n) is 4.64. The van der Waals surface area contributed by atoms with E-state index in [9.17, 15) is 0 Å². The van der Waals surface area contributed by atoms with Crippen molar-refractivity contribution >= 4 is 17.4 Å². The van der Waals surface area contributed by atoms with Crippen LogP contribution in [-0.4, -0.2) is 41.5 Å². The van der Waals surface area contributed by atoms with Gasteiger partial charge in [0, 0.05) is 18.7 Å². The molecule has 0 radical (unpaired) electrons. The SMILES string of the molecule is CCc1c(Cl)ncnc1NCC1CCN(C)C1. The Kier molecular flexibility index (Phi) is 4.18. The van der Waals surface area contributed by atoms with Gasteiger partial charge in [-0.05, 0) is 32.4 Å². The summed E-state index contributed by atoms with van der Waals surface area (Å²) in [7, 11) is 2.17. The number of hydrogen-bond acceptors (Lipinski definition) is 4. The van der Waals surface area contributed by atoms with Gasteiger partial charge >= 0.3 is 0 Å². The molecular weight excluding hydrogens is 236 g/mol. The molecule has 17 heavy (non-hydrogen) atoms. The molecule has 1 saturated heterocycles. The van der Waals surface area contributed by atoms with Gasteiger partial charge in [-0.2, -0.15) is 0 Å². The molecule has 5 heteroatoms. The molecule has 1 aliphatic heterocycles. The average Bonchev–Trinajstić information content (AvgIpc) is 2.72. The number of hydrogen-bond donors (Lipinski definition) is 1. The quantitative estimate of drug-likeness (QED) is 0.835. The highest BCUT2D eigenvalue weighted by atomic mass is 35.5. The van der Waals surface area contributed by atoms with E-state index < -0.39 is 0 Å². The average molecular weight is 255 g/mol. The van der Waals surface area contributed by atoms with E-state index in [0.717, 1.165) is 30.9 Å².